The van der Waals surface area contributed by atoms with Gasteiger partial charge in [0.15, 0.2) is 0 Å². The predicted octanol–water partition coefficient (Wildman–Crippen LogP) is 3.47. The first-order valence-corrected chi connectivity index (χ1v) is 4.65. The van der Waals surface area contributed by atoms with Crippen molar-refractivity contribution < 1.29 is 8.81 Å². The Morgan fingerprint density at radius 3 is 2.92 bits per heavy atom. The molecule has 2 aromatic rings. The maximum atomic E-state index is 12.7. The molecule has 0 fully saturated rings. The Bertz CT molecular complexity index is 408. The van der Waals surface area contributed by atoms with Crippen molar-refractivity contribution in [2.24, 2.45) is 0 Å². The Morgan fingerprint density at radius 2 is 2.17 bits per heavy atom. The van der Waals surface area contributed by atoms with E-state index in [2.05, 4.69) is 15.9 Å². The molecule has 0 bridgehead atoms. The van der Waals surface area contributed by atoms with E-state index in [4.69, 9.17) is 4.42 Å². The summed E-state index contributed by atoms with van der Waals surface area (Å²) in [5, 5.41) is 1.59. The molecule has 0 N–H and O–H groups in total. The third-order valence-electron chi connectivity index (χ3n) is 1.66. The summed E-state index contributed by atoms with van der Waals surface area (Å²) in [4.78, 5) is 0. The highest BCUT2D eigenvalue weighted by Gasteiger charge is 2.02. The average Bonchev–Trinajstić information content (AvgIpc) is 2.46. The van der Waals surface area contributed by atoms with Crippen LogP contribution in [0.25, 0.3) is 11.0 Å². The van der Waals surface area contributed by atoms with E-state index in [1.807, 2.05) is 6.07 Å². The second-order valence-electron chi connectivity index (χ2n) is 2.53. The van der Waals surface area contributed by atoms with Crippen molar-refractivity contribution in [1.82, 2.24) is 0 Å². The molecular formula is C9H6BrFO. The number of fused-ring (bicyclic) bond motifs is 1. The third kappa shape index (κ3) is 1.25. The SMILES string of the molecule is Fc1ccc2cc(CBr)oc2c1. The van der Waals surface area contributed by atoms with Crippen LogP contribution in [0, 0.1) is 5.82 Å². The van der Waals surface area contributed by atoms with Gasteiger partial charge in [0.1, 0.15) is 17.2 Å². The Hall–Kier alpha value is -0.830. The van der Waals surface area contributed by atoms with Gasteiger partial charge in [-0.15, -0.1) is 0 Å². The van der Waals surface area contributed by atoms with E-state index in [0.29, 0.717) is 10.9 Å². The van der Waals surface area contributed by atoms with Crippen molar-refractivity contribution in [3.05, 3.63) is 35.8 Å². The van der Waals surface area contributed by atoms with E-state index in [0.717, 1.165) is 11.1 Å². The van der Waals surface area contributed by atoms with Crippen LogP contribution in [0.5, 0.6) is 0 Å². The Morgan fingerprint density at radius 1 is 1.33 bits per heavy atom. The quantitative estimate of drug-likeness (QED) is 0.682. The molecule has 0 saturated carbocycles. The zero-order valence-corrected chi connectivity index (χ0v) is 7.77. The highest BCUT2D eigenvalue weighted by molar-refractivity contribution is 9.08. The topological polar surface area (TPSA) is 13.1 Å². The first-order chi connectivity index (χ1) is 5.79. The van der Waals surface area contributed by atoms with E-state index in [9.17, 15) is 4.39 Å². The Labute approximate surface area is 77.3 Å². The van der Waals surface area contributed by atoms with Gasteiger partial charge >= 0.3 is 0 Å². The molecule has 0 aliphatic rings. The zero-order valence-electron chi connectivity index (χ0n) is 6.18. The number of rotatable bonds is 1. The van der Waals surface area contributed by atoms with Crippen LogP contribution in [0.2, 0.25) is 0 Å². The Kier molecular flexibility index (Phi) is 1.89. The molecule has 0 aliphatic carbocycles. The van der Waals surface area contributed by atoms with E-state index < -0.39 is 0 Å². The van der Waals surface area contributed by atoms with Crippen molar-refractivity contribution >= 4 is 26.9 Å². The lowest BCUT2D eigenvalue weighted by Gasteiger charge is -1.86. The second kappa shape index (κ2) is 2.90. The summed E-state index contributed by atoms with van der Waals surface area (Å²) in [7, 11) is 0. The summed E-state index contributed by atoms with van der Waals surface area (Å²) in [5.74, 6) is 0.550. The molecule has 1 aromatic heterocycles. The molecule has 0 amide bonds. The number of furan rings is 1. The molecular weight excluding hydrogens is 223 g/mol. The summed E-state index contributed by atoms with van der Waals surface area (Å²) >= 11 is 3.27. The standard InChI is InChI=1S/C9H6BrFO/c10-5-8-3-6-1-2-7(11)4-9(6)12-8/h1-4H,5H2. The van der Waals surface area contributed by atoms with Crippen molar-refractivity contribution in [1.29, 1.82) is 0 Å². The van der Waals surface area contributed by atoms with Gasteiger partial charge in [0.2, 0.25) is 0 Å². The second-order valence-corrected chi connectivity index (χ2v) is 3.09. The summed E-state index contributed by atoms with van der Waals surface area (Å²) in [5.41, 5.74) is 0.601. The summed E-state index contributed by atoms with van der Waals surface area (Å²) in [6, 6.07) is 6.42. The van der Waals surface area contributed by atoms with Gasteiger partial charge in [-0.25, -0.2) is 4.39 Å². The zero-order chi connectivity index (χ0) is 8.55. The van der Waals surface area contributed by atoms with Crippen LogP contribution < -0.4 is 0 Å². The number of alkyl halides is 1. The van der Waals surface area contributed by atoms with E-state index in [-0.39, 0.29) is 5.82 Å². The molecule has 0 atom stereocenters. The molecule has 2 rings (SSSR count). The van der Waals surface area contributed by atoms with Gasteiger partial charge in [0, 0.05) is 11.5 Å². The highest BCUT2D eigenvalue weighted by Crippen LogP contribution is 2.21. The summed E-state index contributed by atoms with van der Waals surface area (Å²) in [6.07, 6.45) is 0. The van der Waals surface area contributed by atoms with Gasteiger partial charge in [-0.1, -0.05) is 15.9 Å². The number of halogens is 2. The van der Waals surface area contributed by atoms with Gasteiger partial charge < -0.3 is 4.42 Å². The molecule has 1 aromatic carbocycles. The van der Waals surface area contributed by atoms with Crippen LogP contribution >= 0.6 is 15.9 Å². The molecule has 0 unspecified atom stereocenters. The van der Waals surface area contributed by atoms with Crippen molar-refractivity contribution in [3.8, 4) is 0 Å². The fourth-order valence-electron chi connectivity index (χ4n) is 1.13. The third-order valence-corrected chi connectivity index (χ3v) is 2.22. The molecule has 1 nitrogen and oxygen atoms in total. The Balaban J connectivity index is 2.67. The van der Waals surface area contributed by atoms with Crippen LogP contribution in [0.1, 0.15) is 5.76 Å². The molecule has 0 spiro atoms. The maximum Gasteiger partial charge on any atom is 0.137 e. The van der Waals surface area contributed by atoms with Crippen LogP contribution in [-0.2, 0) is 5.33 Å². The predicted molar refractivity (Wildman–Crippen MR) is 48.8 cm³/mol. The molecule has 0 radical (unpaired) electrons. The van der Waals surface area contributed by atoms with Gasteiger partial charge in [0.25, 0.3) is 0 Å². The lowest BCUT2D eigenvalue weighted by Crippen LogP contribution is -1.68. The molecule has 3 heteroatoms. The fourth-order valence-corrected chi connectivity index (χ4v) is 1.40. The van der Waals surface area contributed by atoms with Crippen LogP contribution in [-0.4, -0.2) is 0 Å². The largest absolute Gasteiger partial charge is 0.460 e. The minimum absolute atomic E-state index is 0.266. The van der Waals surface area contributed by atoms with E-state index in [1.54, 1.807) is 6.07 Å². The molecule has 0 saturated heterocycles. The normalized spacial score (nSPS) is 10.8. The molecule has 62 valence electrons. The number of hydrogen-bond acceptors (Lipinski definition) is 1. The van der Waals surface area contributed by atoms with Crippen LogP contribution in [0.15, 0.2) is 28.7 Å². The average molecular weight is 229 g/mol. The van der Waals surface area contributed by atoms with Gasteiger partial charge in [-0.3, -0.25) is 0 Å². The minimum atomic E-state index is -0.266. The number of benzene rings is 1. The highest BCUT2D eigenvalue weighted by atomic mass is 79.9. The van der Waals surface area contributed by atoms with Crippen molar-refractivity contribution in [2.75, 3.05) is 0 Å². The first kappa shape index (κ1) is 7.80. The summed E-state index contributed by atoms with van der Waals surface area (Å²) < 4.78 is 18.0. The van der Waals surface area contributed by atoms with Gasteiger partial charge in [-0.2, -0.15) is 0 Å². The smallest absolute Gasteiger partial charge is 0.137 e. The van der Waals surface area contributed by atoms with Crippen molar-refractivity contribution in [3.63, 3.8) is 0 Å². The van der Waals surface area contributed by atoms with Crippen LogP contribution in [0.4, 0.5) is 4.39 Å². The van der Waals surface area contributed by atoms with E-state index >= 15 is 0 Å². The lowest BCUT2D eigenvalue weighted by molar-refractivity contribution is 0.568. The summed E-state index contributed by atoms with van der Waals surface area (Å²) in [6.45, 7) is 0. The molecule has 12 heavy (non-hydrogen) atoms. The molecule has 0 aliphatic heterocycles. The fraction of sp³-hybridized carbons (Fsp3) is 0.111. The van der Waals surface area contributed by atoms with Crippen molar-refractivity contribution in [2.45, 2.75) is 5.33 Å². The minimum Gasteiger partial charge on any atom is -0.460 e. The van der Waals surface area contributed by atoms with Crippen LogP contribution in [0.3, 0.4) is 0 Å². The lowest BCUT2D eigenvalue weighted by atomic mass is 10.2. The van der Waals surface area contributed by atoms with Gasteiger partial charge in [0.05, 0.1) is 5.33 Å². The number of hydrogen-bond donors (Lipinski definition) is 0. The van der Waals surface area contributed by atoms with E-state index in [1.165, 1.54) is 12.1 Å². The first-order valence-electron chi connectivity index (χ1n) is 3.53. The maximum absolute atomic E-state index is 12.7. The monoisotopic (exact) mass is 228 g/mol. The molecule has 1 heterocycles. The van der Waals surface area contributed by atoms with Gasteiger partial charge in [-0.05, 0) is 18.2 Å².